The minimum Gasteiger partial charge on any atom is -0.487 e. The first-order valence-electron chi connectivity index (χ1n) is 10.1. The molecule has 0 amide bonds. The lowest BCUT2D eigenvalue weighted by Crippen LogP contribution is -2.51. The maximum Gasteiger partial charge on any atom is 0.324 e. The first kappa shape index (κ1) is 25.2. The predicted octanol–water partition coefficient (Wildman–Crippen LogP) is 5.27. The number of aromatic nitrogens is 1. The maximum atomic E-state index is 13.0. The molecule has 2 aromatic carbocycles. The van der Waals surface area contributed by atoms with Crippen LogP contribution in [0.25, 0.3) is 10.9 Å². The molecule has 7 nitrogen and oxygen atoms in total. The van der Waals surface area contributed by atoms with Gasteiger partial charge in [-0.15, -0.1) is 0 Å². The molecule has 0 aliphatic rings. The Labute approximate surface area is 202 Å². The van der Waals surface area contributed by atoms with Crippen molar-refractivity contribution >= 4 is 50.1 Å². The van der Waals surface area contributed by atoms with Crippen molar-refractivity contribution in [2.45, 2.75) is 51.2 Å². The van der Waals surface area contributed by atoms with Crippen LogP contribution < -0.4 is 9.46 Å². The summed E-state index contributed by atoms with van der Waals surface area (Å²) in [5.41, 5.74) is 1.13. The van der Waals surface area contributed by atoms with Gasteiger partial charge in [0, 0.05) is 21.7 Å². The van der Waals surface area contributed by atoms with Gasteiger partial charge in [0.2, 0.25) is 10.0 Å². The SMILES string of the molecule is CC[C@](C)(NS(=O)(=O)c1ccc(Cl)c(COc2cccc3c(C)cc(C)nc23)c1Cl)C(=O)O. The smallest absolute Gasteiger partial charge is 0.324 e. The van der Waals surface area contributed by atoms with E-state index in [0.29, 0.717) is 11.3 Å². The van der Waals surface area contributed by atoms with Crippen LogP contribution in [-0.2, 0) is 21.4 Å². The van der Waals surface area contributed by atoms with E-state index in [1.807, 2.05) is 32.0 Å². The second-order valence-electron chi connectivity index (χ2n) is 7.96. The molecule has 33 heavy (non-hydrogen) atoms. The number of carboxylic acids is 1. The molecule has 176 valence electrons. The monoisotopic (exact) mass is 510 g/mol. The van der Waals surface area contributed by atoms with Crippen molar-refractivity contribution in [3.8, 4) is 5.75 Å². The van der Waals surface area contributed by atoms with E-state index in [1.165, 1.54) is 19.1 Å². The Bertz CT molecular complexity index is 1340. The lowest BCUT2D eigenvalue weighted by Gasteiger charge is -2.25. The number of nitrogens with one attached hydrogen (secondary N) is 1. The molecule has 0 saturated heterocycles. The average molecular weight is 511 g/mol. The number of carbonyl (C=O) groups is 1. The number of pyridine rings is 1. The molecule has 1 aromatic heterocycles. The van der Waals surface area contributed by atoms with Crippen molar-refractivity contribution in [3.05, 3.63) is 63.3 Å². The zero-order valence-corrected chi connectivity index (χ0v) is 20.9. The molecular weight excluding hydrogens is 487 g/mol. The fourth-order valence-corrected chi connectivity index (χ4v) is 5.68. The second kappa shape index (κ2) is 9.46. The molecule has 3 rings (SSSR count). The third kappa shape index (κ3) is 5.09. The van der Waals surface area contributed by atoms with E-state index in [2.05, 4.69) is 9.71 Å². The summed E-state index contributed by atoms with van der Waals surface area (Å²) < 4.78 is 34.1. The topological polar surface area (TPSA) is 106 Å². The van der Waals surface area contributed by atoms with Crippen molar-refractivity contribution in [2.75, 3.05) is 0 Å². The van der Waals surface area contributed by atoms with Crippen LogP contribution in [0.3, 0.4) is 0 Å². The van der Waals surface area contributed by atoms with Crippen molar-refractivity contribution in [1.82, 2.24) is 9.71 Å². The number of benzene rings is 2. The molecule has 1 heterocycles. The zero-order valence-electron chi connectivity index (χ0n) is 18.6. The molecular formula is C23H24Cl2N2O5S. The molecule has 3 aromatic rings. The van der Waals surface area contributed by atoms with Gasteiger partial charge in [-0.3, -0.25) is 4.79 Å². The highest BCUT2D eigenvalue weighted by Crippen LogP contribution is 2.34. The van der Waals surface area contributed by atoms with E-state index < -0.39 is 21.5 Å². The van der Waals surface area contributed by atoms with Crippen molar-refractivity contribution < 1.29 is 23.1 Å². The van der Waals surface area contributed by atoms with Crippen LogP contribution in [0.4, 0.5) is 0 Å². The van der Waals surface area contributed by atoms with Crippen LogP contribution in [0.2, 0.25) is 10.0 Å². The summed E-state index contributed by atoms with van der Waals surface area (Å²) in [4.78, 5) is 15.9. The van der Waals surface area contributed by atoms with Gasteiger partial charge in [-0.2, -0.15) is 4.72 Å². The fourth-order valence-electron chi connectivity index (χ4n) is 3.36. The van der Waals surface area contributed by atoms with Crippen LogP contribution in [0.1, 0.15) is 37.1 Å². The number of halogens is 2. The lowest BCUT2D eigenvalue weighted by molar-refractivity contribution is -0.143. The summed E-state index contributed by atoms with van der Waals surface area (Å²) in [5.74, 6) is -0.793. The van der Waals surface area contributed by atoms with Gasteiger partial charge in [-0.1, -0.05) is 42.3 Å². The minimum atomic E-state index is -4.26. The van der Waals surface area contributed by atoms with Gasteiger partial charge >= 0.3 is 5.97 Å². The molecule has 0 bridgehead atoms. The van der Waals surface area contributed by atoms with Crippen molar-refractivity contribution in [2.24, 2.45) is 0 Å². The number of rotatable bonds is 8. The number of carboxylic acid groups (broad SMARTS) is 1. The maximum absolute atomic E-state index is 13.0. The highest BCUT2D eigenvalue weighted by Gasteiger charge is 2.37. The molecule has 0 saturated carbocycles. The summed E-state index contributed by atoms with van der Waals surface area (Å²) in [5, 5.41) is 10.5. The number of aryl methyl sites for hydroxylation is 2. The molecule has 0 aliphatic carbocycles. The lowest BCUT2D eigenvalue weighted by atomic mass is 10.0. The predicted molar refractivity (Wildman–Crippen MR) is 129 cm³/mol. The zero-order chi connectivity index (χ0) is 24.6. The van der Waals surface area contributed by atoms with E-state index in [0.717, 1.165) is 16.6 Å². The summed E-state index contributed by atoms with van der Waals surface area (Å²) >= 11 is 12.7. The molecule has 0 fully saturated rings. The summed E-state index contributed by atoms with van der Waals surface area (Å²) in [6.45, 7) is 6.62. The molecule has 2 N–H and O–H groups in total. The standard InChI is InChI=1S/C23H24Cl2N2O5S/c1-5-23(4,22(28)29)27-33(30,31)19-10-9-17(24)16(20(19)25)12-32-18-8-6-7-15-13(2)11-14(3)26-21(15)18/h6-11,27H,5,12H2,1-4H3,(H,28,29)/t23-/m0/s1. The molecule has 1 atom stereocenters. The number of nitrogens with zero attached hydrogens (tertiary/aromatic N) is 1. The van der Waals surface area contributed by atoms with Crippen LogP contribution >= 0.6 is 23.2 Å². The number of hydrogen-bond donors (Lipinski definition) is 2. The van der Waals surface area contributed by atoms with E-state index in [-0.39, 0.29) is 33.5 Å². The number of hydrogen-bond acceptors (Lipinski definition) is 5. The normalized spacial score (nSPS) is 13.6. The van der Waals surface area contributed by atoms with Gasteiger partial charge in [0.1, 0.15) is 28.3 Å². The number of aliphatic carboxylic acids is 1. The fraction of sp³-hybridized carbons (Fsp3) is 0.304. The largest absolute Gasteiger partial charge is 0.487 e. The molecule has 0 unspecified atom stereocenters. The van der Waals surface area contributed by atoms with Gasteiger partial charge < -0.3 is 9.84 Å². The Morgan fingerprint density at radius 1 is 1.21 bits per heavy atom. The molecule has 0 radical (unpaired) electrons. The molecule has 10 heteroatoms. The third-order valence-electron chi connectivity index (χ3n) is 5.49. The first-order chi connectivity index (χ1) is 15.4. The first-order valence-corrected chi connectivity index (χ1v) is 12.4. The van der Waals surface area contributed by atoms with E-state index >= 15 is 0 Å². The third-order valence-corrected chi connectivity index (χ3v) is 8.02. The van der Waals surface area contributed by atoms with Gasteiger partial charge in [0.15, 0.2) is 0 Å². The van der Waals surface area contributed by atoms with E-state index in [1.54, 1.807) is 13.0 Å². The van der Waals surface area contributed by atoms with E-state index in [9.17, 15) is 18.3 Å². The summed E-state index contributed by atoms with van der Waals surface area (Å²) in [7, 11) is -4.26. The quantitative estimate of drug-likeness (QED) is 0.427. The van der Waals surface area contributed by atoms with Gasteiger partial charge in [-0.25, -0.2) is 13.4 Å². The number of ether oxygens (including phenoxy) is 1. The van der Waals surface area contributed by atoms with Gasteiger partial charge in [0.05, 0.1) is 5.02 Å². The van der Waals surface area contributed by atoms with Crippen LogP contribution in [0, 0.1) is 13.8 Å². The van der Waals surface area contributed by atoms with Crippen LogP contribution in [0.5, 0.6) is 5.75 Å². The second-order valence-corrected chi connectivity index (χ2v) is 10.4. The Morgan fingerprint density at radius 3 is 2.55 bits per heavy atom. The van der Waals surface area contributed by atoms with Crippen LogP contribution in [0.15, 0.2) is 41.3 Å². The Balaban J connectivity index is 1.98. The van der Waals surface area contributed by atoms with Gasteiger partial charge in [-0.05, 0) is 57.0 Å². The molecule has 0 aliphatic heterocycles. The average Bonchev–Trinajstić information content (AvgIpc) is 2.73. The van der Waals surface area contributed by atoms with Crippen molar-refractivity contribution in [3.63, 3.8) is 0 Å². The number of para-hydroxylation sites is 1. The molecule has 0 spiro atoms. The Morgan fingerprint density at radius 2 is 1.91 bits per heavy atom. The van der Waals surface area contributed by atoms with Crippen LogP contribution in [-0.4, -0.2) is 30.0 Å². The highest BCUT2D eigenvalue weighted by atomic mass is 35.5. The van der Waals surface area contributed by atoms with Crippen molar-refractivity contribution in [1.29, 1.82) is 0 Å². The summed E-state index contributed by atoms with van der Waals surface area (Å²) in [6.07, 6.45) is 0.0374. The highest BCUT2D eigenvalue weighted by molar-refractivity contribution is 7.89. The minimum absolute atomic E-state index is 0.0374. The van der Waals surface area contributed by atoms with E-state index in [4.69, 9.17) is 27.9 Å². The Hall–Kier alpha value is -2.39. The Kier molecular flexibility index (Phi) is 7.24. The summed E-state index contributed by atoms with van der Waals surface area (Å²) in [6, 6.07) is 10.1. The number of fused-ring (bicyclic) bond motifs is 1. The number of sulfonamides is 1. The van der Waals surface area contributed by atoms with Gasteiger partial charge in [0.25, 0.3) is 0 Å².